The minimum atomic E-state index is -0.306. The molecule has 0 bridgehead atoms. The normalized spacial score (nSPS) is 11.2. The Morgan fingerprint density at radius 3 is 2.43 bits per heavy atom. The van der Waals surface area contributed by atoms with Crippen molar-refractivity contribution in [2.45, 2.75) is 19.6 Å². The number of ether oxygens (including phenoxy) is 2. The van der Waals surface area contributed by atoms with Gasteiger partial charge in [-0.05, 0) is 65.6 Å². The third-order valence-electron chi connectivity index (χ3n) is 7.62. The van der Waals surface area contributed by atoms with Crippen LogP contribution in [0.5, 0.6) is 17.4 Å². The summed E-state index contributed by atoms with van der Waals surface area (Å²) in [6, 6.07) is 21.3. The maximum absolute atomic E-state index is 14.2. The predicted octanol–water partition coefficient (Wildman–Crippen LogP) is 6.42. The first-order valence-electron chi connectivity index (χ1n) is 14.1. The van der Waals surface area contributed by atoms with E-state index in [1.165, 1.54) is 12.1 Å². The van der Waals surface area contributed by atoms with Crippen LogP contribution in [0.25, 0.3) is 21.7 Å². The van der Waals surface area contributed by atoms with Crippen molar-refractivity contribution < 1.29 is 23.8 Å². The molecule has 222 valence electrons. The van der Waals surface area contributed by atoms with Gasteiger partial charge in [0.2, 0.25) is 5.88 Å². The van der Waals surface area contributed by atoms with Crippen LogP contribution in [0.2, 0.25) is 0 Å². The lowest BCUT2D eigenvalue weighted by molar-refractivity contribution is 0.0787. The van der Waals surface area contributed by atoms with Crippen molar-refractivity contribution in [1.82, 2.24) is 19.4 Å². The Hall–Kier alpha value is -5.44. The monoisotopic (exact) mass is 590 g/mol. The molecule has 0 unspecified atom stereocenters. The van der Waals surface area contributed by atoms with Crippen molar-refractivity contribution in [2.24, 2.45) is 7.05 Å². The molecule has 0 saturated carbocycles. The van der Waals surface area contributed by atoms with E-state index in [0.29, 0.717) is 46.0 Å². The number of nitrogens with zero attached hydrogens (tertiary/aromatic N) is 4. The fourth-order valence-corrected chi connectivity index (χ4v) is 5.35. The second-order valence-electron chi connectivity index (χ2n) is 10.7. The van der Waals surface area contributed by atoms with Gasteiger partial charge in [-0.25, -0.2) is 4.39 Å². The zero-order valence-electron chi connectivity index (χ0n) is 24.6. The molecule has 0 fully saturated rings. The summed E-state index contributed by atoms with van der Waals surface area (Å²) < 4.78 is 26.8. The van der Waals surface area contributed by atoms with Crippen molar-refractivity contribution in [3.8, 4) is 17.4 Å². The van der Waals surface area contributed by atoms with Gasteiger partial charge in [0, 0.05) is 43.5 Å². The van der Waals surface area contributed by atoms with E-state index in [-0.39, 0.29) is 24.2 Å². The molecular formula is C35H31FN4O4. The summed E-state index contributed by atoms with van der Waals surface area (Å²) >= 11 is 0. The summed E-state index contributed by atoms with van der Waals surface area (Å²) in [6.07, 6.45) is 5.64. The predicted molar refractivity (Wildman–Crippen MR) is 166 cm³/mol. The highest BCUT2D eigenvalue weighted by atomic mass is 19.1. The minimum Gasteiger partial charge on any atom is -0.497 e. The molecule has 0 aliphatic rings. The first kappa shape index (κ1) is 28.7. The number of methoxy groups -OCH3 is 1. The maximum Gasteiger partial charge on any atom is 0.255 e. The van der Waals surface area contributed by atoms with Gasteiger partial charge in [0.25, 0.3) is 5.91 Å². The van der Waals surface area contributed by atoms with E-state index < -0.39 is 0 Å². The number of aromatic nitrogens is 3. The van der Waals surface area contributed by atoms with E-state index in [4.69, 9.17) is 14.5 Å². The number of hydrogen-bond acceptors (Lipinski definition) is 6. The number of pyridine rings is 2. The standard InChI is InChI=1S/C35H31FN4O4/c1-39(19-26-6-4-5-15-37-26)34(41)30-28-17-24(16-22-7-11-25(36)12-8-22)18-38-32(28)33(31-29(30)20-40(2)35(31)42)44-21-23-9-13-27(43-3)14-10-23/h4-15,17-18,20,42H,16,19,21H2,1-3H3. The van der Waals surface area contributed by atoms with Crippen LogP contribution in [-0.2, 0) is 26.6 Å². The number of aromatic hydroxyl groups is 1. The minimum absolute atomic E-state index is 0.0368. The van der Waals surface area contributed by atoms with Gasteiger partial charge in [0.15, 0.2) is 5.75 Å². The molecule has 9 heteroatoms. The fraction of sp³-hybridized carbons (Fsp3) is 0.171. The molecule has 3 aromatic carbocycles. The molecule has 6 aromatic rings. The van der Waals surface area contributed by atoms with E-state index in [9.17, 15) is 14.3 Å². The molecule has 3 heterocycles. The van der Waals surface area contributed by atoms with Crippen molar-refractivity contribution in [3.63, 3.8) is 0 Å². The van der Waals surface area contributed by atoms with Crippen molar-refractivity contribution in [2.75, 3.05) is 14.2 Å². The summed E-state index contributed by atoms with van der Waals surface area (Å²) in [5, 5.41) is 12.8. The highest BCUT2D eigenvalue weighted by Crippen LogP contribution is 2.44. The Bertz CT molecular complexity index is 1960. The number of carbonyl (C=O) groups excluding carboxylic acids is 1. The van der Waals surface area contributed by atoms with Crippen LogP contribution in [-0.4, -0.2) is 44.6 Å². The number of carbonyl (C=O) groups is 1. The van der Waals surface area contributed by atoms with Crippen molar-refractivity contribution in [1.29, 1.82) is 0 Å². The molecule has 6 rings (SSSR count). The Balaban J connectivity index is 1.50. The summed E-state index contributed by atoms with van der Waals surface area (Å²) in [5.74, 6) is 0.514. The number of aryl methyl sites for hydroxylation is 1. The van der Waals surface area contributed by atoms with E-state index >= 15 is 0 Å². The smallest absolute Gasteiger partial charge is 0.255 e. The zero-order chi connectivity index (χ0) is 30.8. The van der Waals surface area contributed by atoms with Crippen LogP contribution in [0, 0.1) is 5.82 Å². The second-order valence-corrected chi connectivity index (χ2v) is 10.7. The molecule has 3 aromatic heterocycles. The van der Waals surface area contributed by atoms with Crippen molar-refractivity contribution in [3.05, 3.63) is 125 Å². The number of hydrogen-bond donors (Lipinski definition) is 1. The lowest BCUT2D eigenvalue weighted by Gasteiger charge is -2.20. The van der Waals surface area contributed by atoms with Crippen LogP contribution in [0.3, 0.4) is 0 Å². The van der Waals surface area contributed by atoms with Gasteiger partial charge in [-0.15, -0.1) is 0 Å². The third kappa shape index (κ3) is 5.64. The van der Waals surface area contributed by atoms with Gasteiger partial charge in [-0.3, -0.25) is 14.8 Å². The van der Waals surface area contributed by atoms with E-state index in [1.54, 1.807) is 61.4 Å². The molecule has 0 aliphatic heterocycles. The maximum atomic E-state index is 14.2. The molecular weight excluding hydrogens is 559 g/mol. The Morgan fingerprint density at radius 1 is 0.977 bits per heavy atom. The van der Waals surface area contributed by atoms with Crippen LogP contribution in [0.1, 0.15) is 32.7 Å². The second kappa shape index (κ2) is 12.0. The van der Waals surface area contributed by atoms with Gasteiger partial charge in [0.1, 0.15) is 23.7 Å². The lowest BCUT2D eigenvalue weighted by atomic mass is 9.97. The van der Waals surface area contributed by atoms with Gasteiger partial charge < -0.3 is 24.0 Å². The van der Waals surface area contributed by atoms with E-state index in [0.717, 1.165) is 28.1 Å². The van der Waals surface area contributed by atoms with Gasteiger partial charge in [-0.2, -0.15) is 0 Å². The average molecular weight is 591 g/mol. The molecule has 1 N–H and O–H groups in total. The summed E-state index contributed by atoms with van der Waals surface area (Å²) in [4.78, 5) is 25.0. The van der Waals surface area contributed by atoms with Crippen LogP contribution < -0.4 is 9.47 Å². The molecule has 0 spiro atoms. The summed E-state index contributed by atoms with van der Waals surface area (Å²) in [5.41, 5.74) is 4.23. The zero-order valence-corrected chi connectivity index (χ0v) is 24.6. The molecule has 8 nitrogen and oxygen atoms in total. The van der Waals surface area contributed by atoms with E-state index in [2.05, 4.69) is 4.98 Å². The first-order chi connectivity index (χ1) is 21.3. The number of amides is 1. The summed E-state index contributed by atoms with van der Waals surface area (Å²) in [6.45, 7) is 0.494. The highest BCUT2D eigenvalue weighted by molar-refractivity contribution is 6.21. The lowest BCUT2D eigenvalue weighted by Crippen LogP contribution is -2.27. The van der Waals surface area contributed by atoms with Crippen LogP contribution >= 0.6 is 0 Å². The first-order valence-corrected chi connectivity index (χ1v) is 14.1. The largest absolute Gasteiger partial charge is 0.497 e. The van der Waals surface area contributed by atoms with Gasteiger partial charge >= 0.3 is 0 Å². The van der Waals surface area contributed by atoms with E-state index in [1.807, 2.05) is 48.5 Å². The molecule has 44 heavy (non-hydrogen) atoms. The summed E-state index contributed by atoms with van der Waals surface area (Å²) in [7, 11) is 5.05. The fourth-order valence-electron chi connectivity index (χ4n) is 5.35. The molecule has 0 aliphatic carbocycles. The molecule has 0 saturated heterocycles. The Morgan fingerprint density at radius 2 is 1.73 bits per heavy atom. The number of fused-ring (bicyclic) bond motifs is 2. The molecule has 0 radical (unpaired) electrons. The van der Waals surface area contributed by atoms with Crippen LogP contribution in [0.4, 0.5) is 4.39 Å². The van der Waals surface area contributed by atoms with Crippen molar-refractivity contribution >= 4 is 27.6 Å². The highest BCUT2D eigenvalue weighted by Gasteiger charge is 2.27. The number of benzene rings is 3. The number of rotatable bonds is 9. The Kier molecular flexibility index (Phi) is 7.85. The van der Waals surface area contributed by atoms with Crippen LogP contribution in [0.15, 0.2) is 91.4 Å². The molecule has 0 atom stereocenters. The Labute approximate surface area is 253 Å². The third-order valence-corrected chi connectivity index (χ3v) is 7.62. The van der Waals surface area contributed by atoms with Gasteiger partial charge in [-0.1, -0.05) is 30.3 Å². The average Bonchev–Trinajstić information content (AvgIpc) is 3.33. The molecule has 1 amide bonds. The van der Waals surface area contributed by atoms with Gasteiger partial charge in [0.05, 0.1) is 30.3 Å². The SMILES string of the molecule is COc1ccc(COc2c3ncc(Cc4ccc(F)cc4)cc3c(C(=O)N(C)Cc3ccccn3)c3cn(C)c(O)c23)cc1. The number of halogens is 1. The quantitative estimate of drug-likeness (QED) is 0.209. The topological polar surface area (TPSA) is 89.7 Å².